The summed E-state index contributed by atoms with van der Waals surface area (Å²) in [6, 6.07) is 3.76. The molecule has 2 heterocycles. The van der Waals surface area contributed by atoms with Gasteiger partial charge in [0.1, 0.15) is 5.69 Å². The van der Waals surface area contributed by atoms with E-state index in [4.69, 9.17) is 0 Å². The number of amides is 1. The summed E-state index contributed by atoms with van der Waals surface area (Å²) in [5.74, 6) is 0.764. The van der Waals surface area contributed by atoms with Gasteiger partial charge in [-0.25, -0.2) is 4.98 Å². The third-order valence-electron chi connectivity index (χ3n) is 3.03. The van der Waals surface area contributed by atoms with Crippen molar-refractivity contribution in [1.82, 2.24) is 9.88 Å². The molecular formula is C14H20N4O. The normalized spacial score (nSPS) is 15.3. The first-order valence-electron chi connectivity index (χ1n) is 6.52. The Morgan fingerprint density at radius 3 is 2.95 bits per heavy atom. The van der Waals surface area contributed by atoms with Gasteiger partial charge in [0, 0.05) is 18.5 Å². The van der Waals surface area contributed by atoms with Crippen LogP contribution in [0.4, 0.5) is 11.5 Å². The van der Waals surface area contributed by atoms with Gasteiger partial charge in [-0.2, -0.15) is 0 Å². The van der Waals surface area contributed by atoms with Crippen LogP contribution in [0.1, 0.15) is 19.8 Å². The summed E-state index contributed by atoms with van der Waals surface area (Å²) >= 11 is 0. The van der Waals surface area contributed by atoms with Gasteiger partial charge >= 0.3 is 0 Å². The highest BCUT2D eigenvalue weighted by atomic mass is 16.2. The summed E-state index contributed by atoms with van der Waals surface area (Å²) in [5, 5.41) is 0. The smallest absolute Gasteiger partial charge is 0.233 e. The van der Waals surface area contributed by atoms with Gasteiger partial charge in [-0.3, -0.25) is 14.7 Å². The van der Waals surface area contributed by atoms with E-state index in [9.17, 15) is 4.79 Å². The predicted molar refractivity (Wildman–Crippen MR) is 77.1 cm³/mol. The summed E-state index contributed by atoms with van der Waals surface area (Å²) in [5.41, 5.74) is 1.63. The van der Waals surface area contributed by atoms with Crippen LogP contribution in [0.25, 0.3) is 0 Å². The van der Waals surface area contributed by atoms with Crippen molar-refractivity contribution < 1.29 is 4.79 Å². The van der Waals surface area contributed by atoms with Gasteiger partial charge in [0.15, 0.2) is 5.82 Å². The third kappa shape index (κ3) is 3.38. The lowest BCUT2D eigenvalue weighted by Crippen LogP contribution is -2.34. The quantitative estimate of drug-likeness (QED) is 0.830. The highest BCUT2D eigenvalue weighted by molar-refractivity contribution is 6.10. The van der Waals surface area contributed by atoms with Gasteiger partial charge in [-0.15, -0.1) is 0 Å². The first-order valence-corrected chi connectivity index (χ1v) is 6.52. The van der Waals surface area contributed by atoms with Crippen LogP contribution in [0.3, 0.4) is 0 Å². The van der Waals surface area contributed by atoms with E-state index in [1.807, 2.05) is 33.2 Å². The molecule has 0 bridgehead atoms. The molecule has 0 aliphatic carbocycles. The summed E-state index contributed by atoms with van der Waals surface area (Å²) in [7, 11) is 4.06. The van der Waals surface area contributed by atoms with Crippen LogP contribution in [-0.2, 0) is 4.79 Å². The zero-order valence-electron chi connectivity index (χ0n) is 11.8. The number of carbonyl (C=O) groups is 1. The van der Waals surface area contributed by atoms with Crippen molar-refractivity contribution in [1.29, 1.82) is 0 Å². The molecule has 0 fully saturated rings. The minimum atomic E-state index is 0.0810. The maximum atomic E-state index is 12.3. The molecule has 1 aliphatic rings. The van der Waals surface area contributed by atoms with Gasteiger partial charge in [-0.05, 0) is 46.1 Å². The fourth-order valence-electron chi connectivity index (χ4n) is 2.14. The van der Waals surface area contributed by atoms with Gasteiger partial charge < -0.3 is 4.90 Å². The first-order chi connectivity index (χ1) is 9.08. The standard InChI is InChI=1S/C14H20N4O/c1-11-10-13(19)18(9-5-8-17(2)3)14-12(16-11)6-4-7-15-14/h4,6-7H,5,8-10H2,1-3H3. The molecule has 0 aromatic carbocycles. The van der Waals surface area contributed by atoms with Crippen molar-refractivity contribution >= 4 is 23.1 Å². The maximum absolute atomic E-state index is 12.3. The highest BCUT2D eigenvalue weighted by Crippen LogP contribution is 2.29. The van der Waals surface area contributed by atoms with E-state index < -0.39 is 0 Å². The van der Waals surface area contributed by atoms with E-state index in [-0.39, 0.29) is 5.91 Å². The Morgan fingerprint density at radius 1 is 1.42 bits per heavy atom. The largest absolute Gasteiger partial charge is 0.309 e. The number of aromatic nitrogens is 1. The number of pyridine rings is 1. The molecule has 0 saturated carbocycles. The number of hydrogen-bond donors (Lipinski definition) is 0. The number of fused-ring (bicyclic) bond motifs is 1. The van der Waals surface area contributed by atoms with E-state index in [0.29, 0.717) is 18.8 Å². The average Bonchev–Trinajstić information content (AvgIpc) is 2.46. The van der Waals surface area contributed by atoms with Crippen molar-refractivity contribution in [3.05, 3.63) is 18.3 Å². The van der Waals surface area contributed by atoms with Crippen LogP contribution in [0.15, 0.2) is 23.3 Å². The summed E-state index contributed by atoms with van der Waals surface area (Å²) in [6.45, 7) is 3.52. The summed E-state index contributed by atoms with van der Waals surface area (Å²) < 4.78 is 0. The highest BCUT2D eigenvalue weighted by Gasteiger charge is 2.23. The van der Waals surface area contributed by atoms with Crippen LogP contribution in [0.2, 0.25) is 0 Å². The Morgan fingerprint density at radius 2 is 2.21 bits per heavy atom. The minimum Gasteiger partial charge on any atom is -0.309 e. The number of anilines is 1. The molecule has 1 aliphatic heterocycles. The summed E-state index contributed by atoms with van der Waals surface area (Å²) in [4.78, 5) is 24.9. The molecule has 0 atom stereocenters. The van der Waals surface area contributed by atoms with Gasteiger partial charge in [0.05, 0.1) is 6.42 Å². The Hall–Kier alpha value is -1.75. The fraction of sp³-hybridized carbons (Fsp3) is 0.500. The Labute approximate surface area is 114 Å². The summed E-state index contributed by atoms with van der Waals surface area (Å²) in [6.07, 6.45) is 3.01. The van der Waals surface area contributed by atoms with E-state index in [0.717, 1.165) is 24.4 Å². The maximum Gasteiger partial charge on any atom is 0.233 e. The van der Waals surface area contributed by atoms with Crippen molar-refractivity contribution in [2.45, 2.75) is 19.8 Å². The molecule has 0 spiro atoms. The van der Waals surface area contributed by atoms with Crippen molar-refractivity contribution in [2.75, 3.05) is 32.1 Å². The zero-order chi connectivity index (χ0) is 13.8. The van der Waals surface area contributed by atoms with Crippen LogP contribution < -0.4 is 4.90 Å². The number of carbonyl (C=O) groups excluding carboxylic acids is 1. The number of hydrogen-bond acceptors (Lipinski definition) is 4. The van der Waals surface area contributed by atoms with Crippen LogP contribution in [0, 0.1) is 0 Å². The van der Waals surface area contributed by atoms with Gasteiger partial charge in [0.2, 0.25) is 5.91 Å². The van der Waals surface area contributed by atoms with Crippen molar-refractivity contribution in [3.8, 4) is 0 Å². The SMILES string of the molecule is CC1=Nc2cccnc2N(CCCN(C)C)C(=O)C1. The predicted octanol–water partition coefficient (Wildman–Crippen LogP) is 1.86. The van der Waals surface area contributed by atoms with Gasteiger partial charge in [-0.1, -0.05) is 0 Å². The first kappa shape index (κ1) is 13.7. The Bertz CT molecular complexity index is 496. The second-order valence-electron chi connectivity index (χ2n) is 5.07. The molecule has 0 saturated heterocycles. The molecule has 0 N–H and O–H groups in total. The molecule has 102 valence electrons. The topological polar surface area (TPSA) is 48.8 Å². The molecule has 1 aromatic heterocycles. The zero-order valence-corrected chi connectivity index (χ0v) is 11.8. The Kier molecular flexibility index (Phi) is 4.27. The van der Waals surface area contributed by atoms with Crippen molar-refractivity contribution in [2.24, 2.45) is 4.99 Å². The second kappa shape index (κ2) is 5.93. The Balaban J connectivity index is 2.21. The molecule has 0 radical (unpaired) electrons. The molecule has 5 nitrogen and oxygen atoms in total. The lowest BCUT2D eigenvalue weighted by molar-refractivity contribution is -0.117. The van der Waals surface area contributed by atoms with E-state index in [2.05, 4.69) is 14.9 Å². The molecule has 2 rings (SSSR count). The average molecular weight is 260 g/mol. The van der Waals surface area contributed by atoms with E-state index >= 15 is 0 Å². The van der Waals surface area contributed by atoms with Crippen LogP contribution >= 0.6 is 0 Å². The second-order valence-corrected chi connectivity index (χ2v) is 5.07. The van der Waals surface area contributed by atoms with Crippen molar-refractivity contribution in [3.63, 3.8) is 0 Å². The van der Waals surface area contributed by atoms with Gasteiger partial charge in [0.25, 0.3) is 0 Å². The molecule has 19 heavy (non-hydrogen) atoms. The van der Waals surface area contributed by atoms with E-state index in [1.54, 1.807) is 11.1 Å². The number of aliphatic imine (C=N–C) groups is 1. The number of rotatable bonds is 4. The number of nitrogens with zero attached hydrogens (tertiary/aromatic N) is 4. The third-order valence-corrected chi connectivity index (χ3v) is 3.03. The lowest BCUT2D eigenvalue weighted by atomic mass is 10.2. The lowest BCUT2D eigenvalue weighted by Gasteiger charge is -2.22. The molecule has 1 aromatic rings. The van der Waals surface area contributed by atoms with Crippen LogP contribution in [0.5, 0.6) is 0 Å². The fourth-order valence-corrected chi connectivity index (χ4v) is 2.14. The van der Waals surface area contributed by atoms with Crippen LogP contribution in [-0.4, -0.2) is 48.7 Å². The molecule has 5 heteroatoms. The molecule has 0 unspecified atom stereocenters. The minimum absolute atomic E-state index is 0.0810. The monoisotopic (exact) mass is 260 g/mol. The van der Waals surface area contributed by atoms with E-state index in [1.165, 1.54) is 0 Å². The molecular weight excluding hydrogens is 240 g/mol. The molecule has 1 amide bonds.